The van der Waals surface area contributed by atoms with Gasteiger partial charge in [-0.15, -0.1) is 0 Å². The largest absolute Gasteiger partial charge is 0.509 e. The van der Waals surface area contributed by atoms with Crippen LogP contribution in [0.1, 0.15) is 11.3 Å². The molecule has 0 saturated heterocycles. The lowest BCUT2D eigenvalue weighted by Gasteiger charge is -2.03. The molecular weight excluding hydrogens is 203 g/mol. The molecule has 5 heteroatoms. The van der Waals surface area contributed by atoms with Crippen molar-refractivity contribution < 1.29 is 10.0 Å². The molecule has 2 N–H and O–H groups in total. The Balaban J connectivity index is 2.19. The molecule has 0 spiro atoms. The highest BCUT2D eigenvalue weighted by molar-refractivity contribution is 6.57. The molecule has 16 heavy (non-hydrogen) atoms. The summed E-state index contributed by atoms with van der Waals surface area (Å²) in [6.45, 7) is 0. The highest BCUT2D eigenvalue weighted by Crippen LogP contribution is 2.04. The van der Waals surface area contributed by atoms with Gasteiger partial charge in [-0.3, -0.25) is 9.97 Å². The SMILES string of the molecule is OB(O)c1cncc(Cc2ccccc2)n1. The van der Waals surface area contributed by atoms with E-state index in [-0.39, 0.29) is 5.59 Å². The van der Waals surface area contributed by atoms with Crippen molar-refractivity contribution in [1.29, 1.82) is 0 Å². The molecule has 0 unspecified atom stereocenters. The molecule has 80 valence electrons. The molecule has 0 bridgehead atoms. The van der Waals surface area contributed by atoms with Crippen molar-refractivity contribution in [2.45, 2.75) is 6.42 Å². The summed E-state index contributed by atoms with van der Waals surface area (Å²) >= 11 is 0. The average Bonchev–Trinajstić information content (AvgIpc) is 2.30. The lowest BCUT2D eigenvalue weighted by Crippen LogP contribution is -2.33. The van der Waals surface area contributed by atoms with Gasteiger partial charge in [0.1, 0.15) is 0 Å². The maximum Gasteiger partial charge on any atom is 0.509 e. The molecule has 0 fully saturated rings. The highest BCUT2D eigenvalue weighted by Gasteiger charge is 2.13. The van der Waals surface area contributed by atoms with E-state index in [2.05, 4.69) is 9.97 Å². The Labute approximate surface area is 93.8 Å². The summed E-state index contributed by atoms with van der Waals surface area (Å²) in [5.74, 6) is 0. The fourth-order valence-electron chi connectivity index (χ4n) is 1.44. The van der Waals surface area contributed by atoms with E-state index in [0.717, 1.165) is 11.3 Å². The Morgan fingerprint density at radius 2 is 1.81 bits per heavy atom. The van der Waals surface area contributed by atoms with Gasteiger partial charge in [0, 0.05) is 18.8 Å². The Kier molecular flexibility index (Phi) is 3.29. The molecule has 0 aliphatic carbocycles. The van der Waals surface area contributed by atoms with Crippen molar-refractivity contribution in [2.24, 2.45) is 0 Å². The van der Waals surface area contributed by atoms with E-state index in [9.17, 15) is 0 Å². The Bertz CT molecular complexity index is 463. The van der Waals surface area contributed by atoms with Crippen LogP contribution in [-0.2, 0) is 6.42 Å². The number of aromatic nitrogens is 2. The Morgan fingerprint density at radius 3 is 2.50 bits per heavy atom. The van der Waals surface area contributed by atoms with Crippen LogP contribution in [0.5, 0.6) is 0 Å². The molecule has 2 aromatic rings. The fraction of sp³-hybridized carbons (Fsp3) is 0.0909. The average molecular weight is 214 g/mol. The molecule has 1 heterocycles. The molecule has 1 aromatic carbocycles. The van der Waals surface area contributed by atoms with Crippen molar-refractivity contribution in [3.8, 4) is 0 Å². The fourth-order valence-corrected chi connectivity index (χ4v) is 1.44. The third-order valence-corrected chi connectivity index (χ3v) is 2.20. The topological polar surface area (TPSA) is 66.2 Å². The second-order valence-corrected chi connectivity index (χ2v) is 3.47. The maximum absolute atomic E-state index is 8.97. The first-order valence-electron chi connectivity index (χ1n) is 4.96. The smallest absolute Gasteiger partial charge is 0.422 e. The second-order valence-electron chi connectivity index (χ2n) is 3.47. The number of nitrogens with zero attached hydrogens (tertiary/aromatic N) is 2. The summed E-state index contributed by atoms with van der Waals surface area (Å²) in [7, 11) is -1.57. The zero-order chi connectivity index (χ0) is 11.4. The minimum Gasteiger partial charge on any atom is -0.422 e. The number of hydrogen-bond donors (Lipinski definition) is 2. The van der Waals surface area contributed by atoms with Crippen LogP contribution in [0.3, 0.4) is 0 Å². The molecule has 0 aliphatic rings. The zero-order valence-electron chi connectivity index (χ0n) is 8.61. The third-order valence-electron chi connectivity index (χ3n) is 2.20. The summed E-state index contributed by atoms with van der Waals surface area (Å²) in [5, 5.41) is 17.9. The van der Waals surface area contributed by atoms with E-state index in [4.69, 9.17) is 10.0 Å². The third kappa shape index (κ3) is 2.65. The van der Waals surface area contributed by atoms with Crippen molar-refractivity contribution in [3.05, 3.63) is 54.0 Å². The van der Waals surface area contributed by atoms with Gasteiger partial charge in [-0.25, -0.2) is 0 Å². The van der Waals surface area contributed by atoms with E-state index in [1.807, 2.05) is 30.3 Å². The van der Waals surface area contributed by atoms with Gasteiger partial charge in [0.15, 0.2) is 0 Å². The van der Waals surface area contributed by atoms with Gasteiger partial charge < -0.3 is 10.0 Å². The molecular formula is C11H11BN2O2. The van der Waals surface area contributed by atoms with Crippen LogP contribution < -0.4 is 5.59 Å². The van der Waals surface area contributed by atoms with Gasteiger partial charge in [0.25, 0.3) is 0 Å². The molecule has 4 nitrogen and oxygen atoms in total. The van der Waals surface area contributed by atoms with Gasteiger partial charge in [0.2, 0.25) is 0 Å². The summed E-state index contributed by atoms with van der Waals surface area (Å²) in [4.78, 5) is 8.02. The standard InChI is InChI=1S/C11H11BN2O2/c15-12(16)11-8-13-7-10(14-11)6-9-4-2-1-3-5-9/h1-5,7-8,15-16H,6H2. The quantitative estimate of drug-likeness (QED) is 0.691. The molecule has 0 aliphatic heterocycles. The van der Waals surface area contributed by atoms with Crippen molar-refractivity contribution in [3.63, 3.8) is 0 Å². The molecule has 0 radical (unpaired) electrons. The lowest BCUT2D eigenvalue weighted by atomic mass is 9.87. The summed E-state index contributed by atoms with van der Waals surface area (Å²) in [5.41, 5.74) is 2.01. The molecule has 2 rings (SSSR count). The lowest BCUT2D eigenvalue weighted by molar-refractivity contribution is 0.424. The second kappa shape index (κ2) is 4.87. The first-order chi connectivity index (χ1) is 7.75. The van der Waals surface area contributed by atoms with Crippen LogP contribution in [0.15, 0.2) is 42.7 Å². The molecule has 1 aromatic heterocycles. The van der Waals surface area contributed by atoms with Gasteiger partial charge >= 0.3 is 7.12 Å². The molecule has 0 atom stereocenters. The van der Waals surface area contributed by atoms with E-state index >= 15 is 0 Å². The Morgan fingerprint density at radius 1 is 1.06 bits per heavy atom. The minimum atomic E-state index is -1.57. The van der Waals surface area contributed by atoms with Crippen LogP contribution in [0.2, 0.25) is 0 Å². The number of hydrogen-bond acceptors (Lipinski definition) is 4. The predicted molar refractivity (Wildman–Crippen MR) is 61.1 cm³/mol. The summed E-state index contributed by atoms with van der Waals surface area (Å²) in [6.07, 6.45) is 3.60. The van der Waals surface area contributed by atoms with Crippen molar-refractivity contribution >= 4 is 12.7 Å². The minimum absolute atomic E-state index is 0.174. The predicted octanol–water partition coefficient (Wildman–Crippen LogP) is -0.253. The summed E-state index contributed by atoms with van der Waals surface area (Å²) < 4.78 is 0. The van der Waals surface area contributed by atoms with Gasteiger partial charge in [-0.2, -0.15) is 0 Å². The highest BCUT2D eigenvalue weighted by atomic mass is 16.4. The van der Waals surface area contributed by atoms with Crippen LogP contribution >= 0.6 is 0 Å². The number of rotatable bonds is 3. The van der Waals surface area contributed by atoms with E-state index in [1.165, 1.54) is 6.20 Å². The first-order valence-corrected chi connectivity index (χ1v) is 4.96. The van der Waals surface area contributed by atoms with Crippen molar-refractivity contribution in [2.75, 3.05) is 0 Å². The van der Waals surface area contributed by atoms with Crippen LogP contribution in [0.4, 0.5) is 0 Å². The van der Waals surface area contributed by atoms with Crippen LogP contribution in [0.25, 0.3) is 0 Å². The van der Waals surface area contributed by atoms with E-state index < -0.39 is 7.12 Å². The maximum atomic E-state index is 8.97. The first kappa shape index (κ1) is 10.8. The van der Waals surface area contributed by atoms with Gasteiger partial charge in [-0.1, -0.05) is 30.3 Å². The van der Waals surface area contributed by atoms with Crippen LogP contribution in [0, 0.1) is 0 Å². The van der Waals surface area contributed by atoms with Crippen LogP contribution in [-0.4, -0.2) is 27.1 Å². The Hall–Kier alpha value is -1.72. The van der Waals surface area contributed by atoms with Crippen molar-refractivity contribution in [1.82, 2.24) is 9.97 Å². The van der Waals surface area contributed by atoms with Gasteiger partial charge in [-0.05, 0) is 5.56 Å². The molecule has 0 saturated carbocycles. The van der Waals surface area contributed by atoms with E-state index in [1.54, 1.807) is 6.20 Å². The number of benzene rings is 1. The normalized spacial score (nSPS) is 10.1. The summed E-state index contributed by atoms with van der Waals surface area (Å²) in [6, 6.07) is 9.83. The molecule has 0 amide bonds. The monoisotopic (exact) mass is 214 g/mol. The zero-order valence-corrected chi connectivity index (χ0v) is 8.61. The van der Waals surface area contributed by atoms with E-state index in [0.29, 0.717) is 6.42 Å². The van der Waals surface area contributed by atoms with Gasteiger partial charge in [0.05, 0.1) is 11.3 Å².